The number of nitrogens with zero attached hydrogens (tertiary/aromatic N) is 2. The quantitative estimate of drug-likeness (QED) is 0.647. The van der Waals surface area contributed by atoms with Gasteiger partial charge in [0.2, 0.25) is 0 Å². The van der Waals surface area contributed by atoms with Gasteiger partial charge in [0.1, 0.15) is 0 Å². The van der Waals surface area contributed by atoms with Crippen molar-refractivity contribution >= 4 is 37.9 Å². The molecule has 1 aromatic heterocycles. The zero-order chi connectivity index (χ0) is 15.4. The Hall–Kier alpha value is -1.55. The van der Waals surface area contributed by atoms with E-state index in [1.807, 2.05) is 30.9 Å². The van der Waals surface area contributed by atoms with Gasteiger partial charge in [0.25, 0.3) is 0 Å². The average Bonchev–Trinajstić information content (AvgIpc) is 3.01. The van der Waals surface area contributed by atoms with E-state index in [-0.39, 0.29) is 0 Å². The highest BCUT2D eigenvalue weighted by Crippen LogP contribution is 2.28. The monoisotopic (exact) mass is 346 g/mol. The van der Waals surface area contributed by atoms with Gasteiger partial charge in [-0.2, -0.15) is 0 Å². The Bertz CT molecular complexity index is 730. The van der Waals surface area contributed by atoms with Crippen LogP contribution in [0.1, 0.15) is 11.1 Å². The molecular weight excluding hydrogens is 331 g/mol. The molecule has 22 heavy (non-hydrogen) atoms. The minimum absolute atomic E-state index is 0.404. The molecule has 0 radical (unpaired) electrons. The highest BCUT2D eigenvalue weighted by Gasteiger charge is 2.17. The number of rotatable bonds is 5. The smallest absolute Gasteiger partial charge is 0.0945 e. The lowest BCUT2D eigenvalue weighted by molar-refractivity contribution is 0.673. The van der Waals surface area contributed by atoms with Crippen LogP contribution in [0.3, 0.4) is 0 Å². The van der Waals surface area contributed by atoms with Crippen LogP contribution in [0.15, 0.2) is 67.3 Å². The van der Waals surface area contributed by atoms with Crippen molar-refractivity contribution in [1.82, 2.24) is 9.55 Å². The fraction of sp³-hybridized carbons (Fsp3) is 0.118. The average molecular weight is 347 g/mol. The van der Waals surface area contributed by atoms with Crippen molar-refractivity contribution in [2.45, 2.75) is 12.1 Å². The Morgan fingerprint density at radius 1 is 1.09 bits per heavy atom. The number of aromatic nitrogens is 2. The Labute approximate surface area is 142 Å². The highest BCUT2D eigenvalue weighted by atomic mass is 35.5. The van der Waals surface area contributed by atoms with Gasteiger partial charge in [0.05, 0.1) is 15.8 Å². The van der Waals surface area contributed by atoms with Gasteiger partial charge in [0.15, 0.2) is 0 Å². The zero-order valence-electron chi connectivity index (χ0n) is 12.0. The third kappa shape index (κ3) is 3.80. The molecule has 3 rings (SSSR count). The summed E-state index contributed by atoms with van der Waals surface area (Å²) < 4.78 is 2.12. The molecule has 0 saturated carbocycles. The molecule has 112 valence electrons. The molecule has 0 fully saturated rings. The van der Waals surface area contributed by atoms with Gasteiger partial charge < -0.3 is 4.57 Å². The van der Waals surface area contributed by atoms with Crippen LogP contribution in [0.25, 0.3) is 0 Å². The van der Waals surface area contributed by atoms with Gasteiger partial charge in [-0.25, -0.2) is 4.98 Å². The lowest BCUT2D eigenvalue weighted by Gasteiger charge is -2.19. The first-order valence-corrected chi connectivity index (χ1v) is 9.45. The Morgan fingerprint density at radius 2 is 1.91 bits per heavy atom. The van der Waals surface area contributed by atoms with Crippen LogP contribution in [0.5, 0.6) is 0 Å². The molecule has 0 spiro atoms. The SMILES string of the molecule is Clc1ccc(C(Cn2ccnc2)[SiH2]c2ccccc2)c(Cl)c1. The van der Waals surface area contributed by atoms with Crippen molar-refractivity contribution in [1.29, 1.82) is 0 Å². The molecule has 1 heterocycles. The molecule has 3 aromatic rings. The summed E-state index contributed by atoms with van der Waals surface area (Å²) in [6.07, 6.45) is 5.66. The van der Waals surface area contributed by atoms with E-state index in [4.69, 9.17) is 23.2 Å². The molecule has 0 bridgehead atoms. The predicted molar refractivity (Wildman–Crippen MR) is 96.1 cm³/mol. The molecule has 0 aliphatic rings. The Balaban J connectivity index is 1.91. The number of imidazole rings is 1. The van der Waals surface area contributed by atoms with Gasteiger partial charge in [-0.3, -0.25) is 0 Å². The maximum atomic E-state index is 6.44. The molecule has 1 atom stereocenters. The summed E-state index contributed by atoms with van der Waals surface area (Å²) in [6.45, 7) is 0.891. The van der Waals surface area contributed by atoms with Crippen LogP contribution in [-0.4, -0.2) is 19.1 Å². The molecular formula is C17H16Cl2N2Si. The fourth-order valence-electron chi connectivity index (χ4n) is 2.65. The molecule has 5 heteroatoms. The molecule has 2 nitrogen and oxygen atoms in total. The van der Waals surface area contributed by atoms with Crippen LogP contribution in [0, 0.1) is 0 Å². The van der Waals surface area contributed by atoms with E-state index in [0.717, 1.165) is 11.6 Å². The van der Waals surface area contributed by atoms with Crippen molar-refractivity contribution in [3.63, 3.8) is 0 Å². The van der Waals surface area contributed by atoms with E-state index in [2.05, 4.69) is 45.9 Å². The van der Waals surface area contributed by atoms with Crippen LogP contribution >= 0.6 is 23.2 Å². The van der Waals surface area contributed by atoms with E-state index in [1.54, 1.807) is 0 Å². The van der Waals surface area contributed by atoms with Crippen LogP contribution < -0.4 is 5.19 Å². The Morgan fingerprint density at radius 3 is 2.59 bits per heavy atom. The first kappa shape index (κ1) is 15.3. The molecule has 0 aliphatic carbocycles. The number of hydrogen-bond donors (Lipinski definition) is 0. The number of halogens is 2. The highest BCUT2D eigenvalue weighted by molar-refractivity contribution is 6.55. The topological polar surface area (TPSA) is 17.8 Å². The zero-order valence-corrected chi connectivity index (χ0v) is 14.9. The lowest BCUT2D eigenvalue weighted by Crippen LogP contribution is -2.25. The maximum Gasteiger partial charge on any atom is 0.0945 e. The standard InChI is InChI=1S/C17H16Cl2N2Si/c18-13-6-7-15(16(19)10-13)17(11-21-9-8-20-12-21)22-14-4-2-1-3-5-14/h1-10,12,17H,11,22H2. The summed E-state index contributed by atoms with van der Waals surface area (Å²) in [4.78, 5) is 4.14. The maximum absolute atomic E-state index is 6.44. The second kappa shape index (κ2) is 7.14. The van der Waals surface area contributed by atoms with Gasteiger partial charge in [0, 0.05) is 29.0 Å². The second-order valence-electron chi connectivity index (χ2n) is 5.31. The summed E-state index contributed by atoms with van der Waals surface area (Å²) in [6, 6.07) is 16.5. The lowest BCUT2D eigenvalue weighted by atomic mass is 10.1. The summed E-state index contributed by atoms with van der Waals surface area (Å²) in [7, 11) is -0.528. The van der Waals surface area contributed by atoms with Crippen LogP contribution in [0.4, 0.5) is 0 Å². The fourth-order valence-corrected chi connectivity index (χ4v) is 5.46. The first-order valence-electron chi connectivity index (χ1n) is 7.17. The molecule has 1 unspecified atom stereocenters. The van der Waals surface area contributed by atoms with Gasteiger partial charge in [-0.05, 0) is 23.2 Å². The van der Waals surface area contributed by atoms with E-state index < -0.39 is 9.52 Å². The largest absolute Gasteiger partial charge is 0.337 e. The number of hydrogen-bond acceptors (Lipinski definition) is 1. The molecule has 0 aliphatic heterocycles. The second-order valence-corrected chi connectivity index (χ2v) is 8.37. The van der Waals surface area contributed by atoms with E-state index in [1.165, 1.54) is 10.8 Å². The predicted octanol–water partition coefficient (Wildman–Crippen LogP) is 3.43. The summed E-state index contributed by atoms with van der Waals surface area (Å²) in [5, 5.41) is 2.86. The van der Waals surface area contributed by atoms with Gasteiger partial charge in [-0.15, -0.1) is 0 Å². The van der Waals surface area contributed by atoms with Crippen molar-refractivity contribution in [2.75, 3.05) is 0 Å². The van der Waals surface area contributed by atoms with Crippen LogP contribution in [0.2, 0.25) is 10.0 Å². The number of benzene rings is 2. The van der Waals surface area contributed by atoms with Crippen LogP contribution in [-0.2, 0) is 6.54 Å². The van der Waals surface area contributed by atoms with Crippen molar-refractivity contribution in [2.24, 2.45) is 0 Å². The Kier molecular flexibility index (Phi) is 4.98. The summed E-state index contributed by atoms with van der Waals surface area (Å²) in [5.41, 5.74) is 1.58. The van der Waals surface area contributed by atoms with E-state index in [0.29, 0.717) is 10.6 Å². The minimum Gasteiger partial charge on any atom is -0.337 e. The van der Waals surface area contributed by atoms with Gasteiger partial charge in [-0.1, -0.05) is 64.8 Å². The minimum atomic E-state index is -0.528. The van der Waals surface area contributed by atoms with Gasteiger partial charge >= 0.3 is 0 Å². The first-order chi connectivity index (χ1) is 10.7. The summed E-state index contributed by atoms with van der Waals surface area (Å²) >= 11 is 12.5. The third-order valence-electron chi connectivity index (χ3n) is 3.72. The molecule has 0 saturated heterocycles. The molecule has 2 aromatic carbocycles. The van der Waals surface area contributed by atoms with E-state index >= 15 is 0 Å². The van der Waals surface area contributed by atoms with Crippen molar-refractivity contribution in [3.05, 3.63) is 82.9 Å². The van der Waals surface area contributed by atoms with E-state index in [9.17, 15) is 0 Å². The molecule has 0 amide bonds. The summed E-state index contributed by atoms with van der Waals surface area (Å²) in [5.74, 6) is 0. The van der Waals surface area contributed by atoms with Crippen molar-refractivity contribution < 1.29 is 0 Å². The third-order valence-corrected chi connectivity index (χ3v) is 6.41. The normalized spacial score (nSPS) is 12.8. The van der Waals surface area contributed by atoms with Crippen molar-refractivity contribution in [3.8, 4) is 0 Å². The molecule has 0 N–H and O–H groups in total.